The van der Waals surface area contributed by atoms with Gasteiger partial charge >= 0.3 is 47.8 Å². The molecule has 0 N–H and O–H groups in total. The summed E-state index contributed by atoms with van der Waals surface area (Å²) >= 11 is 0. The van der Waals surface area contributed by atoms with Gasteiger partial charge in [-0.1, -0.05) is 34.7 Å². The van der Waals surface area contributed by atoms with Crippen molar-refractivity contribution in [2.24, 2.45) is 0 Å². The standard InChI is InChI=1S/C44H50N6O20/c1-21(51)59-19-34-37(63-23(3)53)39(65-25(5)55)41(67-27(7)57)43(69-34)49-15-30(45-47-49)17-61-32-13-9-11-29-12-10-14-33(36(29)32)62-18-31-16-50(48-46-31)44-42(68-28(8)58)40(66-26(6)56)38(64-24(4)54)35(70-44)20-60-22(2)52/h9-16,34-35,37-44H,17-20H2,1-8H3/t34-,35+,37-,38+,39+,40-,41-,42+,43-,44+. The van der Waals surface area contributed by atoms with E-state index in [1.54, 1.807) is 24.3 Å². The van der Waals surface area contributed by atoms with Crippen molar-refractivity contribution in [1.29, 1.82) is 0 Å². The van der Waals surface area contributed by atoms with Crippen LogP contribution in [0.5, 0.6) is 11.5 Å². The summed E-state index contributed by atoms with van der Waals surface area (Å²) in [5, 5.41) is 18.0. The molecule has 6 rings (SSSR count). The lowest BCUT2D eigenvalue weighted by Crippen LogP contribution is -2.60. The first-order valence-electron chi connectivity index (χ1n) is 21.5. The van der Waals surface area contributed by atoms with Crippen molar-refractivity contribution in [1.82, 2.24) is 30.0 Å². The van der Waals surface area contributed by atoms with E-state index < -0.39 is 122 Å². The fourth-order valence-electron chi connectivity index (χ4n) is 7.66. The van der Waals surface area contributed by atoms with Crippen LogP contribution in [0.2, 0.25) is 0 Å². The third-order valence-electron chi connectivity index (χ3n) is 10.1. The first kappa shape index (κ1) is 51.6. The number of hydrogen-bond donors (Lipinski definition) is 0. The highest BCUT2D eigenvalue weighted by atomic mass is 16.7. The van der Waals surface area contributed by atoms with Crippen LogP contribution in [0.25, 0.3) is 10.8 Å². The Labute approximate surface area is 397 Å². The zero-order valence-electron chi connectivity index (χ0n) is 39.1. The zero-order valence-corrected chi connectivity index (χ0v) is 39.1. The molecule has 4 aromatic rings. The average molecular weight is 983 g/mol. The molecule has 2 fully saturated rings. The number of carbonyl (C=O) groups is 8. The van der Waals surface area contributed by atoms with E-state index in [1.807, 2.05) is 12.1 Å². The molecule has 2 aliphatic rings. The molecule has 2 aromatic heterocycles. The van der Waals surface area contributed by atoms with E-state index in [-0.39, 0.29) is 24.6 Å². The fourth-order valence-corrected chi connectivity index (χ4v) is 7.66. The highest BCUT2D eigenvalue weighted by Crippen LogP contribution is 2.38. The predicted molar refractivity (Wildman–Crippen MR) is 227 cm³/mol. The number of benzene rings is 2. The van der Waals surface area contributed by atoms with Crippen molar-refractivity contribution >= 4 is 58.5 Å². The summed E-state index contributed by atoms with van der Waals surface area (Å²) in [4.78, 5) is 97.3. The number of nitrogens with zero attached hydrogens (tertiary/aromatic N) is 6. The lowest BCUT2D eigenvalue weighted by molar-refractivity contribution is -0.270. The highest BCUT2D eigenvalue weighted by molar-refractivity contribution is 5.93. The van der Waals surface area contributed by atoms with Crippen LogP contribution in [-0.2, 0) is 98.9 Å². The molecular weight excluding hydrogens is 933 g/mol. The van der Waals surface area contributed by atoms with Crippen molar-refractivity contribution in [3.8, 4) is 11.5 Å². The summed E-state index contributed by atoms with van der Waals surface area (Å²) in [5.74, 6) is -5.38. The minimum atomic E-state index is -1.43. The molecule has 376 valence electrons. The maximum absolute atomic E-state index is 12.4. The molecule has 0 radical (unpaired) electrons. The molecule has 0 bridgehead atoms. The van der Waals surface area contributed by atoms with Gasteiger partial charge in [-0.05, 0) is 17.5 Å². The highest BCUT2D eigenvalue weighted by Gasteiger charge is 2.55. The zero-order chi connectivity index (χ0) is 50.8. The van der Waals surface area contributed by atoms with Crippen LogP contribution in [0.3, 0.4) is 0 Å². The number of rotatable bonds is 18. The van der Waals surface area contributed by atoms with Crippen molar-refractivity contribution in [3.05, 3.63) is 60.2 Å². The molecule has 0 amide bonds. The lowest BCUT2D eigenvalue weighted by Gasteiger charge is -2.44. The Hall–Kier alpha value is -7.74. The van der Waals surface area contributed by atoms with Gasteiger partial charge in [-0.15, -0.1) is 10.2 Å². The predicted octanol–water partition coefficient (Wildman–Crippen LogP) is 1.69. The molecule has 4 heterocycles. The van der Waals surface area contributed by atoms with Crippen LogP contribution < -0.4 is 9.47 Å². The Morgan fingerprint density at radius 3 is 1.16 bits per heavy atom. The monoisotopic (exact) mass is 982 g/mol. The van der Waals surface area contributed by atoms with Crippen LogP contribution in [0.1, 0.15) is 79.2 Å². The van der Waals surface area contributed by atoms with Gasteiger partial charge in [0.05, 0.1) is 17.8 Å². The Morgan fingerprint density at radius 1 is 0.471 bits per heavy atom. The van der Waals surface area contributed by atoms with Gasteiger partial charge in [-0.3, -0.25) is 38.4 Å². The van der Waals surface area contributed by atoms with Gasteiger partial charge in [0.1, 0.15) is 61.5 Å². The van der Waals surface area contributed by atoms with E-state index in [9.17, 15) is 38.4 Å². The van der Waals surface area contributed by atoms with Crippen LogP contribution >= 0.6 is 0 Å². The van der Waals surface area contributed by atoms with Crippen LogP contribution in [0.4, 0.5) is 0 Å². The van der Waals surface area contributed by atoms with E-state index in [2.05, 4.69) is 20.6 Å². The molecule has 26 nitrogen and oxygen atoms in total. The number of aromatic nitrogens is 6. The molecule has 10 atom stereocenters. The van der Waals surface area contributed by atoms with Crippen molar-refractivity contribution in [2.45, 2.75) is 130 Å². The molecule has 0 saturated carbocycles. The summed E-state index contributed by atoms with van der Waals surface area (Å²) < 4.78 is 70.7. The van der Waals surface area contributed by atoms with Crippen LogP contribution in [0.15, 0.2) is 48.8 Å². The lowest BCUT2D eigenvalue weighted by atomic mass is 9.97. The summed E-state index contributed by atoms with van der Waals surface area (Å²) in [6, 6.07) is 10.6. The minimum absolute atomic E-state index is 0.178. The largest absolute Gasteiger partial charge is 0.486 e. The van der Waals surface area contributed by atoms with Gasteiger partial charge < -0.3 is 56.8 Å². The van der Waals surface area contributed by atoms with Crippen molar-refractivity contribution in [3.63, 3.8) is 0 Å². The SMILES string of the molecule is CC(=O)OC[C@@H]1O[C@H](n2cc(COc3cccc4cccc(OCc5cn([C@@H]6O[C@H](COC(C)=O)[C@@H](OC(C)=O)[C@H](OC(C)=O)[C@H]6OC(C)=O)nn5)c34)nn2)[C@@H](OC(C)=O)[C@H](OC(C)=O)[C@H]1OC(C)=O. The van der Waals surface area contributed by atoms with E-state index in [1.165, 1.54) is 21.8 Å². The summed E-state index contributed by atoms with van der Waals surface area (Å²) in [6.07, 6.45) is -10.7. The summed E-state index contributed by atoms with van der Waals surface area (Å²) in [7, 11) is 0. The molecular formula is C44H50N6O20. The fraction of sp³-hybridized carbons (Fsp3) is 0.500. The van der Waals surface area contributed by atoms with Gasteiger partial charge in [0.15, 0.2) is 49.1 Å². The van der Waals surface area contributed by atoms with Gasteiger partial charge in [0.2, 0.25) is 0 Å². The van der Waals surface area contributed by atoms with Gasteiger partial charge in [-0.25, -0.2) is 9.36 Å². The normalized spacial score (nSPS) is 24.0. The molecule has 0 unspecified atom stereocenters. The number of esters is 8. The number of carbonyl (C=O) groups excluding carboxylic acids is 8. The maximum Gasteiger partial charge on any atom is 0.303 e. The molecule has 0 spiro atoms. The Morgan fingerprint density at radius 2 is 0.814 bits per heavy atom. The Kier molecular flexibility index (Phi) is 17.0. The Balaban J connectivity index is 1.23. The number of ether oxygens (including phenoxy) is 12. The maximum atomic E-state index is 12.4. The summed E-state index contributed by atoms with van der Waals surface area (Å²) in [6.45, 7) is 7.77. The number of fused-ring (bicyclic) bond motifs is 1. The summed E-state index contributed by atoms with van der Waals surface area (Å²) in [5.41, 5.74) is 0.504. The van der Waals surface area contributed by atoms with E-state index in [0.717, 1.165) is 60.8 Å². The van der Waals surface area contributed by atoms with Crippen molar-refractivity contribution < 1.29 is 95.2 Å². The first-order chi connectivity index (χ1) is 33.3. The first-order valence-corrected chi connectivity index (χ1v) is 21.5. The molecule has 2 saturated heterocycles. The van der Waals surface area contributed by atoms with Gasteiger partial charge in [-0.2, -0.15) is 0 Å². The van der Waals surface area contributed by atoms with Crippen molar-refractivity contribution in [2.75, 3.05) is 13.2 Å². The van der Waals surface area contributed by atoms with E-state index in [0.29, 0.717) is 16.9 Å². The van der Waals surface area contributed by atoms with Crippen LogP contribution in [-0.4, -0.2) is 140 Å². The molecule has 2 aromatic carbocycles. The third-order valence-corrected chi connectivity index (χ3v) is 10.1. The van der Waals surface area contributed by atoms with E-state index in [4.69, 9.17) is 56.8 Å². The average Bonchev–Trinajstić information content (AvgIpc) is 3.96. The molecule has 2 aliphatic heterocycles. The molecule has 70 heavy (non-hydrogen) atoms. The number of hydrogen-bond acceptors (Lipinski definition) is 24. The van der Waals surface area contributed by atoms with E-state index >= 15 is 0 Å². The van der Waals surface area contributed by atoms with Crippen LogP contribution in [0, 0.1) is 0 Å². The third kappa shape index (κ3) is 13.3. The minimum Gasteiger partial charge on any atom is -0.486 e. The quantitative estimate of drug-likeness (QED) is 0.101. The molecule has 0 aliphatic carbocycles. The smallest absolute Gasteiger partial charge is 0.303 e. The van der Waals surface area contributed by atoms with Gasteiger partial charge in [0, 0.05) is 55.4 Å². The van der Waals surface area contributed by atoms with Gasteiger partial charge in [0.25, 0.3) is 0 Å². The topological polar surface area (TPSA) is 309 Å². The second-order valence-corrected chi connectivity index (χ2v) is 15.7. The molecule has 26 heteroatoms. The second kappa shape index (κ2) is 23.0. The second-order valence-electron chi connectivity index (χ2n) is 15.7. The Bertz CT molecular complexity index is 2410.